The van der Waals surface area contributed by atoms with Crippen LogP contribution in [0.15, 0.2) is 78.9 Å². The first-order valence-corrected chi connectivity index (χ1v) is 11.7. The standard InChI is InChI=1S/C28H28N2O5/c31-26(32)16-17-29-27(33)25(15-14-19-8-2-1-3-9-19)30-28(34)35-18-24-22-12-6-4-10-20(22)21-11-5-7-13-23(21)24/h1-13,24-25H,14-18H2,(H,29,33)(H,30,34)(H,31,32)/t25-/m0/s1. The van der Waals surface area contributed by atoms with Crippen LogP contribution in [0.3, 0.4) is 0 Å². The van der Waals surface area contributed by atoms with Gasteiger partial charge in [-0.1, -0.05) is 78.9 Å². The maximum Gasteiger partial charge on any atom is 0.407 e. The fourth-order valence-corrected chi connectivity index (χ4v) is 4.42. The molecule has 0 spiro atoms. The number of alkyl carbamates (subject to hydrolysis) is 1. The van der Waals surface area contributed by atoms with Gasteiger partial charge in [0.25, 0.3) is 0 Å². The molecule has 35 heavy (non-hydrogen) atoms. The second kappa shape index (κ2) is 11.3. The van der Waals surface area contributed by atoms with Crippen LogP contribution < -0.4 is 10.6 Å². The number of amides is 2. The van der Waals surface area contributed by atoms with Crippen molar-refractivity contribution in [3.8, 4) is 11.1 Å². The number of aliphatic carboxylic acids is 1. The van der Waals surface area contributed by atoms with Crippen LogP contribution in [0, 0.1) is 0 Å². The normalized spacial score (nSPS) is 12.8. The number of carbonyl (C=O) groups is 3. The average Bonchev–Trinajstić information content (AvgIpc) is 3.19. The molecule has 3 aromatic rings. The first-order valence-electron chi connectivity index (χ1n) is 11.7. The lowest BCUT2D eigenvalue weighted by atomic mass is 9.98. The fourth-order valence-electron chi connectivity index (χ4n) is 4.42. The molecule has 3 aromatic carbocycles. The SMILES string of the molecule is O=C(O)CCNC(=O)[C@H](CCc1ccccc1)NC(=O)OCC1c2ccccc2-c2ccccc21. The van der Waals surface area contributed by atoms with Crippen molar-refractivity contribution in [1.82, 2.24) is 10.6 Å². The predicted molar refractivity (Wildman–Crippen MR) is 132 cm³/mol. The molecule has 0 aliphatic heterocycles. The van der Waals surface area contributed by atoms with Crippen LogP contribution in [0.5, 0.6) is 0 Å². The van der Waals surface area contributed by atoms with Gasteiger partial charge >= 0.3 is 12.1 Å². The zero-order chi connectivity index (χ0) is 24.6. The van der Waals surface area contributed by atoms with Crippen molar-refractivity contribution in [3.63, 3.8) is 0 Å². The molecule has 4 rings (SSSR count). The van der Waals surface area contributed by atoms with Gasteiger partial charge in [-0.05, 0) is 40.7 Å². The summed E-state index contributed by atoms with van der Waals surface area (Å²) >= 11 is 0. The first-order chi connectivity index (χ1) is 17.0. The van der Waals surface area contributed by atoms with Crippen LogP contribution in [0.4, 0.5) is 4.79 Å². The van der Waals surface area contributed by atoms with E-state index in [0.29, 0.717) is 12.8 Å². The van der Waals surface area contributed by atoms with Gasteiger partial charge in [-0.25, -0.2) is 4.79 Å². The van der Waals surface area contributed by atoms with Gasteiger partial charge in [-0.2, -0.15) is 0 Å². The summed E-state index contributed by atoms with van der Waals surface area (Å²) in [5.74, 6) is -1.52. The zero-order valence-electron chi connectivity index (χ0n) is 19.3. The number of rotatable bonds is 10. The van der Waals surface area contributed by atoms with E-state index in [4.69, 9.17) is 9.84 Å². The number of ether oxygens (including phenoxy) is 1. The maximum absolute atomic E-state index is 12.7. The Morgan fingerprint density at radius 1 is 0.857 bits per heavy atom. The summed E-state index contributed by atoms with van der Waals surface area (Å²) in [7, 11) is 0. The minimum absolute atomic E-state index is 0.0115. The molecule has 0 heterocycles. The van der Waals surface area contributed by atoms with Gasteiger partial charge < -0.3 is 20.5 Å². The first kappa shape index (κ1) is 24.0. The third kappa shape index (κ3) is 6.06. The Bertz CT molecular complexity index is 1150. The Hall–Kier alpha value is -4.13. The molecule has 0 bridgehead atoms. The Morgan fingerprint density at radius 3 is 2.09 bits per heavy atom. The highest BCUT2D eigenvalue weighted by Gasteiger charge is 2.29. The second-order valence-electron chi connectivity index (χ2n) is 8.48. The van der Waals surface area contributed by atoms with Crippen molar-refractivity contribution >= 4 is 18.0 Å². The number of hydrogen-bond acceptors (Lipinski definition) is 4. The van der Waals surface area contributed by atoms with Crippen molar-refractivity contribution in [2.75, 3.05) is 13.2 Å². The summed E-state index contributed by atoms with van der Waals surface area (Å²) in [6, 6.07) is 24.9. The van der Waals surface area contributed by atoms with E-state index in [1.807, 2.05) is 66.7 Å². The molecule has 3 N–H and O–H groups in total. The number of hydrogen-bond donors (Lipinski definition) is 3. The Balaban J connectivity index is 1.39. The van der Waals surface area contributed by atoms with E-state index in [9.17, 15) is 14.4 Å². The lowest BCUT2D eigenvalue weighted by molar-refractivity contribution is -0.137. The largest absolute Gasteiger partial charge is 0.481 e. The Labute approximate surface area is 204 Å². The molecule has 1 aliphatic rings. The van der Waals surface area contributed by atoms with Gasteiger partial charge in [-0.3, -0.25) is 9.59 Å². The van der Waals surface area contributed by atoms with Gasteiger partial charge in [-0.15, -0.1) is 0 Å². The summed E-state index contributed by atoms with van der Waals surface area (Å²) in [4.78, 5) is 36.2. The number of fused-ring (bicyclic) bond motifs is 3. The number of aryl methyl sites for hydroxylation is 1. The lowest BCUT2D eigenvalue weighted by Crippen LogP contribution is -2.47. The summed E-state index contributed by atoms with van der Waals surface area (Å²) in [5, 5.41) is 14.1. The summed E-state index contributed by atoms with van der Waals surface area (Å²) < 4.78 is 5.59. The summed E-state index contributed by atoms with van der Waals surface area (Å²) in [6.07, 6.45) is 0.0507. The molecular formula is C28H28N2O5. The van der Waals surface area contributed by atoms with Crippen LogP contribution in [-0.2, 0) is 20.7 Å². The Morgan fingerprint density at radius 2 is 1.46 bits per heavy atom. The zero-order valence-corrected chi connectivity index (χ0v) is 19.3. The minimum Gasteiger partial charge on any atom is -0.481 e. The molecule has 7 heteroatoms. The molecule has 0 fully saturated rings. The van der Waals surface area contributed by atoms with Crippen LogP contribution >= 0.6 is 0 Å². The third-order valence-corrected chi connectivity index (χ3v) is 6.15. The molecule has 0 saturated heterocycles. The smallest absolute Gasteiger partial charge is 0.407 e. The van der Waals surface area contributed by atoms with Gasteiger partial charge in [0.1, 0.15) is 12.6 Å². The minimum atomic E-state index is -1.00. The Kier molecular flexibility index (Phi) is 7.77. The van der Waals surface area contributed by atoms with Crippen molar-refractivity contribution in [1.29, 1.82) is 0 Å². The molecule has 0 aromatic heterocycles. The quantitative estimate of drug-likeness (QED) is 0.412. The van der Waals surface area contributed by atoms with E-state index in [0.717, 1.165) is 27.8 Å². The third-order valence-electron chi connectivity index (χ3n) is 6.15. The van der Waals surface area contributed by atoms with E-state index in [1.165, 1.54) is 0 Å². The fraction of sp³-hybridized carbons (Fsp3) is 0.250. The van der Waals surface area contributed by atoms with Gasteiger partial charge in [0.05, 0.1) is 6.42 Å². The molecular weight excluding hydrogens is 444 g/mol. The van der Waals surface area contributed by atoms with E-state index in [1.54, 1.807) is 0 Å². The highest BCUT2D eigenvalue weighted by atomic mass is 16.5. The topological polar surface area (TPSA) is 105 Å². The number of carboxylic acid groups (broad SMARTS) is 1. The van der Waals surface area contributed by atoms with Crippen LogP contribution in [0.1, 0.15) is 35.4 Å². The highest BCUT2D eigenvalue weighted by molar-refractivity contribution is 5.86. The average molecular weight is 473 g/mol. The number of benzene rings is 3. The van der Waals surface area contributed by atoms with Crippen LogP contribution in [-0.4, -0.2) is 42.3 Å². The van der Waals surface area contributed by atoms with Crippen molar-refractivity contribution in [2.24, 2.45) is 0 Å². The molecule has 2 amide bonds. The summed E-state index contributed by atoms with van der Waals surface area (Å²) in [6.45, 7) is 0.133. The maximum atomic E-state index is 12.7. The molecule has 0 saturated carbocycles. The van der Waals surface area contributed by atoms with E-state index >= 15 is 0 Å². The highest BCUT2D eigenvalue weighted by Crippen LogP contribution is 2.44. The predicted octanol–water partition coefficient (Wildman–Crippen LogP) is 4.12. The number of carboxylic acids is 1. The molecule has 180 valence electrons. The molecule has 1 aliphatic carbocycles. The lowest BCUT2D eigenvalue weighted by Gasteiger charge is -2.20. The number of carbonyl (C=O) groups excluding carboxylic acids is 2. The van der Waals surface area contributed by atoms with Crippen molar-refractivity contribution in [2.45, 2.75) is 31.2 Å². The number of nitrogens with one attached hydrogen (secondary N) is 2. The molecule has 0 radical (unpaired) electrons. The van der Waals surface area contributed by atoms with E-state index in [2.05, 4.69) is 22.8 Å². The van der Waals surface area contributed by atoms with Crippen molar-refractivity contribution < 1.29 is 24.2 Å². The summed E-state index contributed by atoms with van der Waals surface area (Å²) in [5.41, 5.74) is 5.51. The van der Waals surface area contributed by atoms with Gasteiger partial charge in [0.15, 0.2) is 0 Å². The van der Waals surface area contributed by atoms with E-state index < -0.39 is 24.0 Å². The van der Waals surface area contributed by atoms with E-state index in [-0.39, 0.29) is 25.5 Å². The monoisotopic (exact) mass is 472 g/mol. The molecule has 0 unspecified atom stereocenters. The molecule has 7 nitrogen and oxygen atoms in total. The van der Waals surface area contributed by atoms with Crippen LogP contribution in [0.2, 0.25) is 0 Å². The van der Waals surface area contributed by atoms with Crippen LogP contribution in [0.25, 0.3) is 11.1 Å². The van der Waals surface area contributed by atoms with Crippen molar-refractivity contribution in [3.05, 3.63) is 95.6 Å². The molecule has 1 atom stereocenters. The van der Waals surface area contributed by atoms with Gasteiger partial charge in [0.2, 0.25) is 5.91 Å². The second-order valence-corrected chi connectivity index (χ2v) is 8.48. The van der Waals surface area contributed by atoms with Gasteiger partial charge in [0, 0.05) is 12.5 Å².